The summed E-state index contributed by atoms with van der Waals surface area (Å²) >= 11 is 1.83. The van der Waals surface area contributed by atoms with Gasteiger partial charge >= 0.3 is 0 Å². The van der Waals surface area contributed by atoms with Gasteiger partial charge in [-0.05, 0) is 67.9 Å². The van der Waals surface area contributed by atoms with Crippen LogP contribution in [0.3, 0.4) is 0 Å². The van der Waals surface area contributed by atoms with Gasteiger partial charge in [-0.1, -0.05) is 43.7 Å². The Kier molecular flexibility index (Phi) is 8.63. The lowest BCUT2D eigenvalue weighted by Gasteiger charge is -2.29. The van der Waals surface area contributed by atoms with Crippen molar-refractivity contribution in [1.82, 2.24) is 14.7 Å². The van der Waals surface area contributed by atoms with Crippen LogP contribution in [0.15, 0.2) is 82.4 Å². The lowest BCUT2D eigenvalue weighted by molar-refractivity contribution is -0.142. The Morgan fingerprint density at radius 3 is 2.58 bits per heavy atom. The lowest BCUT2D eigenvalue weighted by Crippen LogP contribution is -2.46. The molecule has 0 N–H and O–H groups in total. The number of rotatable bonds is 9. The standard InChI is InChI=1S/C32H32N4O3S/c1-3-4-17-40-27-14-12-23(13-15-27)30-24(20-36(34-30)25-9-6-5-7-10-25)18-28-22(2)29(19-33)32(38)35(31(28)37)21-26-11-8-16-39-26/h5-7,9-10,12-15,18,20,26H,3-4,8,11,16-17,21H2,1-2H3/b28-18+. The lowest BCUT2D eigenvalue weighted by atomic mass is 9.93. The van der Waals surface area contributed by atoms with Crippen molar-refractivity contribution in [1.29, 1.82) is 5.26 Å². The highest BCUT2D eigenvalue weighted by Gasteiger charge is 2.37. The van der Waals surface area contributed by atoms with E-state index in [0.717, 1.165) is 46.7 Å². The highest BCUT2D eigenvalue weighted by Crippen LogP contribution is 2.32. The van der Waals surface area contributed by atoms with Gasteiger partial charge in [-0.25, -0.2) is 4.68 Å². The van der Waals surface area contributed by atoms with Gasteiger partial charge in [-0.2, -0.15) is 10.4 Å². The third kappa shape index (κ3) is 5.81. The average molecular weight is 553 g/mol. The molecule has 5 rings (SSSR count). The van der Waals surface area contributed by atoms with Gasteiger partial charge < -0.3 is 4.74 Å². The van der Waals surface area contributed by atoms with E-state index in [9.17, 15) is 14.9 Å². The summed E-state index contributed by atoms with van der Waals surface area (Å²) in [5.74, 6) is 0.0958. The number of ether oxygens (including phenoxy) is 1. The van der Waals surface area contributed by atoms with Crippen LogP contribution in [-0.2, 0) is 14.3 Å². The van der Waals surface area contributed by atoms with Gasteiger partial charge in [0.2, 0.25) is 0 Å². The zero-order valence-electron chi connectivity index (χ0n) is 22.8. The maximum Gasteiger partial charge on any atom is 0.271 e. The average Bonchev–Trinajstić information content (AvgIpc) is 3.65. The molecule has 2 amide bonds. The molecule has 0 saturated carbocycles. The van der Waals surface area contributed by atoms with Crippen molar-refractivity contribution in [3.63, 3.8) is 0 Å². The summed E-state index contributed by atoms with van der Waals surface area (Å²) in [6.07, 6.45) is 7.44. The zero-order valence-corrected chi connectivity index (χ0v) is 23.6. The summed E-state index contributed by atoms with van der Waals surface area (Å²) in [6.45, 7) is 4.60. The minimum atomic E-state index is -0.561. The van der Waals surface area contributed by atoms with Gasteiger partial charge in [-0.3, -0.25) is 14.5 Å². The first-order chi connectivity index (χ1) is 19.5. The van der Waals surface area contributed by atoms with E-state index in [-0.39, 0.29) is 18.2 Å². The van der Waals surface area contributed by atoms with Gasteiger partial charge in [0, 0.05) is 34.4 Å². The van der Waals surface area contributed by atoms with E-state index < -0.39 is 11.8 Å². The van der Waals surface area contributed by atoms with E-state index in [4.69, 9.17) is 9.84 Å². The van der Waals surface area contributed by atoms with Crippen LogP contribution in [0, 0.1) is 11.3 Å². The second kappa shape index (κ2) is 12.5. The van der Waals surface area contributed by atoms with Crippen molar-refractivity contribution in [2.45, 2.75) is 50.5 Å². The van der Waals surface area contributed by atoms with Gasteiger partial charge in [-0.15, -0.1) is 11.8 Å². The first-order valence-corrected chi connectivity index (χ1v) is 14.7. The van der Waals surface area contributed by atoms with E-state index >= 15 is 0 Å². The molecule has 204 valence electrons. The van der Waals surface area contributed by atoms with E-state index in [0.29, 0.717) is 23.4 Å². The Hall–Kier alpha value is -3.93. The van der Waals surface area contributed by atoms with Crippen LogP contribution in [0.25, 0.3) is 23.0 Å². The number of aromatic nitrogens is 2. The zero-order chi connectivity index (χ0) is 28.1. The summed E-state index contributed by atoms with van der Waals surface area (Å²) in [7, 11) is 0. The molecular formula is C32H32N4O3S. The summed E-state index contributed by atoms with van der Waals surface area (Å²) in [5, 5.41) is 14.7. The Labute approximate surface area is 239 Å². The fourth-order valence-electron chi connectivity index (χ4n) is 4.92. The van der Waals surface area contributed by atoms with Gasteiger partial charge in [0.1, 0.15) is 11.6 Å². The molecule has 2 aromatic carbocycles. The molecule has 1 aromatic heterocycles. The predicted molar refractivity (Wildman–Crippen MR) is 157 cm³/mol. The maximum absolute atomic E-state index is 13.7. The molecule has 2 aliphatic rings. The maximum atomic E-state index is 13.7. The fraction of sp³-hybridized carbons (Fsp3) is 0.312. The number of carbonyl (C=O) groups excluding carboxylic acids is 2. The summed E-state index contributed by atoms with van der Waals surface area (Å²) in [4.78, 5) is 29.2. The molecule has 1 unspecified atom stereocenters. The number of hydrogen-bond donors (Lipinski definition) is 0. The van der Waals surface area contributed by atoms with Crippen LogP contribution in [0.5, 0.6) is 0 Å². The number of nitrogens with zero attached hydrogens (tertiary/aromatic N) is 4. The van der Waals surface area contributed by atoms with Crippen LogP contribution < -0.4 is 0 Å². The number of hydrogen-bond acceptors (Lipinski definition) is 6. The highest BCUT2D eigenvalue weighted by atomic mass is 32.2. The molecule has 3 aromatic rings. The Balaban J connectivity index is 1.57. The van der Waals surface area contributed by atoms with Gasteiger partial charge in [0.15, 0.2) is 0 Å². The van der Waals surface area contributed by atoms with E-state index in [2.05, 4.69) is 19.1 Å². The number of benzene rings is 2. The van der Waals surface area contributed by atoms with Crippen molar-refractivity contribution in [2.24, 2.45) is 0 Å². The molecule has 2 aliphatic heterocycles. The Bertz CT molecular complexity index is 1490. The van der Waals surface area contributed by atoms with E-state index in [1.54, 1.807) is 17.7 Å². The Morgan fingerprint density at radius 1 is 1.12 bits per heavy atom. The van der Waals surface area contributed by atoms with Crippen LogP contribution >= 0.6 is 11.8 Å². The molecule has 0 radical (unpaired) electrons. The molecule has 8 heteroatoms. The third-order valence-electron chi connectivity index (χ3n) is 7.19. The second-order valence-corrected chi connectivity index (χ2v) is 11.1. The molecule has 1 saturated heterocycles. The molecule has 1 fully saturated rings. The van der Waals surface area contributed by atoms with Crippen LogP contribution in [0.1, 0.15) is 45.1 Å². The monoisotopic (exact) mass is 552 g/mol. The Morgan fingerprint density at radius 2 is 1.90 bits per heavy atom. The third-order valence-corrected chi connectivity index (χ3v) is 8.29. The van der Waals surface area contributed by atoms with Crippen LogP contribution in [0.4, 0.5) is 0 Å². The molecule has 3 heterocycles. The number of para-hydroxylation sites is 1. The molecule has 0 aliphatic carbocycles. The van der Waals surface area contributed by atoms with Crippen molar-refractivity contribution in [2.75, 3.05) is 18.9 Å². The number of amides is 2. The predicted octanol–water partition coefficient (Wildman–Crippen LogP) is 6.20. The number of carbonyl (C=O) groups is 2. The van der Waals surface area contributed by atoms with Crippen LogP contribution in [0.2, 0.25) is 0 Å². The van der Waals surface area contributed by atoms with Crippen molar-refractivity contribution in [3.8, 4) is 23.0 Å². The molecule has 0 spiro atoms. The molecule has 7 nitrogen and oxygen atoms in total. The first-order valence-electron chi connectivity index (χ1n) is 13.7. The number of thioether (sulfide) groups is 1. The highest BCUT2D eigenvalue weighted by molar-refractivity contribution is 7.99. The number of imide groups is 1. The minimum absolute atomic E-state index is 0.0192. The van der Waals surface area contributed by atoms with E-state index in [1.807, 2.05) is 66.5 Å². The fourth-order valence-corrected chi connectivity index (χ4v) is 5.91. The van der Waals surface area contributed by atoms with Gasteiger partial charge in [0.25, 0.3) is 11.8 Å². The number of nitriles is 1. The van der Waals surface area contributed by atoms with Gasteiger partial charge in [0.05, 0.1) is 24.0 Å². The minimum Gasteiger partial charge on any atom is -0.376 e. The number of unbranched alkanes of at least 4 members (excludes halogenated alkanes) is 1. The molecule has 1 atom stereocenters. The van der Waals surface area contributed by atoms with E-state index in [1.165, 1.54) is 11.3 Å². The van der Waals surface area contributed by atoms with Crippen molar-refractivity contribution >= 4 is 29.7 Å². The van der Waals surface area contributed by atoms with Crippen molar-refractivity contribution < 1.29 is 14.3 Å². The normalized spacial score (nSPS) is 18.6. The summed E-state index contributed by atoms with van der Waals surface area (Å²) in [6, 6.07) is 20.1. The SMILES string of the molecule is CCCCSc1ccc(-c2nn(-c3ccccc3)cc2/C=C2/C(=O)N(CC3CCCO3)C(=O)C(C#N)=C2C)cc1. The second-order valence-electron chi connectivity index (χ2n) is 9.97. The molecule has 0 bridgehead atoms. The topological polar surface area (TPSA) is 88.2 Å². The smallest absolute Gasteiger partial charge is 0.271 e. The molecular weight excluding hydrogens is 520 g/mol. The summed E-state index contributed by atoms with van der Waals surface area (Å²) < 4.78 is 7.48. The molecule has 40 heavy (non-hydrogen) atoms. The largest absolute Gasteiger partial charge is 0.376 e. The summed E-state index contributed by atoms with van der Waals surface area (Å²) in [5.41, 5.74) is 3.91. The quantitative estimate of drug-likeness (QED) is 0.136. The first kappa shape index (κ1) is 27.6. The van der Waals surface area contributed by atoms with Crippen molar-refractivity contribution in [3.05, 3.63) is 83.1 Å². The van der Waals surface area contributed by atoms with Crippen LogP contribution in [-0.4, -0.2) is 51.5 Å².